The largest absolute Gasteiger partial charge is 0.396 e. The number of rotatable bonds is 7. The van der Waals surface area contributed by atoms with Crippen LogP contribution in [0.5, 0.6) is 0 Å². The number of pyridine rings is 1. The Morgan fingerprint density at radius 1 is 1.29 bits per heavy atom. The highest BCUT2D eigenvalue weighted by Gasteiger charge is 2.38. The molecule has 6 heteroatoms. The van der Waals surface area contributed by atoms with E-state index in [1.165, 1.54) is 17.7 Å². The zero-order valence-electron chi connectivity index (χ0n) is 16.4. The van der Waals surface area contributed by atoms with Crippen LogP contribution in [0.15, 0.2) is 41.3 Å². The third kappa shape index (κ3) is 4.07. The minimum absolute atomic E-state index is 0.0395. The molecule has 0 unspecified atom stereocenters. The molecule has 148 valence electrons. The summed E-state index contributed by atoms with van der Waals surface area (Å²) in [4.78, 5) is 37.9. The van der Waals surface area contributed by atoms with Crippen LogP contribution >= 0.6 is 0 Å². The van der Waals surface area contributed by atoms with Crippen molar-refractivity contribution in [3.05, 3.63) is 69.1 Å². The van der Waals surface area contributed by atoms with Crippen molar-refractivity contribution in [1.82, 2.24) is 9.88 Å². The number of hydrogen-bond donors (Lipinski definition) is 2. The maximum Gasteiger partial charge on any atom is 0.263 e. The number of amides is 1. The molecule has 2 N–H and O–H groups in total. The third-order valence-corrected chi connectivity index (χ3v) is 5.53. The topological polar surface area (TPSA) is 88.4 Å². The molecule has 2 aromatic rings. The molecule has 1 aliphatic carbocycles. The number of hydrogen-bond acceptors (Lipinski definition) is 4. The van der Waals surface area contributed by atoms with Gasteiger partial charge in [-0.05, 0) is 43.7 Å². The molecule has 0 spiro atoms. The van der Waals surface area contributed by atoms with E-state index in [1.54, 1.807) is 6.20 Å². The number of nitrogens with zero attached hydrogens (tertiary/aromatic N) is 1. The Morgan fingerprint density at radius 3 is 2.64 bits per heavy atom. The summed E-state index contributed by atoms with van der Waals surface area (Å²) in [5.41, 5.74) is 1.88. The molecule has 6 nitrogen and oxygen atoms in total. The molecule has 1 heterocycles. The molecule has 1 aromatic heterocycles. The number of aliphatic hydroxyl groups excluding tert-OH is 1. The number of nitrogens with one attached hydrogen (secondary N) is 1. The predicted octanol–water partition coefficient (Wildman–Crippen LogP) is 2.33. The van der Waals surface area contributed by atoms with Gasteiger partial charge < -0.3 is 15.0 Å². The first-order valence-electron chi connectivity index (χ1n) is 9.54. The lowest BCUT2D eigenvalue weighted by Crippen LogP contribution is -2.33. The van der Waals surface area contributed by atoms with Crippen molar-refractivity contribution < 1.29 is 14.7 Å². The summed E-state index contributed by atoms with van der Waals surface area (Å²) in [5, 5.41) is 11.7. The van der Waals surface area contributed by atoms with Crippen LogP contribution in [0.2, 0.25) is 0 Å². The summed E-state index contributed by atoms with van der Waals surface area (Å²) in [5.74, 6) is -0.268. The lowest BCUT2D eigenvalue weighted by atomic mass is 10.0. The van der Waals surface area contributed by atoms with Gasteiger partial charge in [-0.1, -0.05) is 29.8 Å². The van der Waals surface area contributed by atoms with Crippen LogP contribution in [0.1, 0.15) is 57.7 Å². The molecular formula is C22H26N2O4. The molecule has 0 saturated heterocycles. The van der Waals surface area contributed by atoms with Crippen molar-refractivity contribution in [3.8, 4) is 0 Å². The highest BCUT2D eigenvalue weighted by molar-refractivity contribution is 6.00. The number of aliphatic hydroxyl groups is 1. The van der Waals surface area contributed by atoms with Crippen molar-refractivity contribution in [1.29, 1.82) is 0 Å². The fourth-order valence-corrected chi connectivity index (χ4v) is 3.57. The molecule has 3 rings (SSSR count). The third-order valence-electron chi connectivity index (χ3n) is 5.53. The van der Waals surface area contributed by atoms with Crippen molar-refractivity contribution in [2.75, 3.05) is 13.7 Å². The Balaban J connectivity index is 2.02. The lowest BCUT2D eigenvalue weighted by molar-refractivity contribution is 0.0961. The summed E-state index contributed by atoms with van der Waals surface area (Å²) in [7, 11) is 1.46. The number of aryl methyl sites for hydroxylation is 1. The Hall–Kier alpha value is -2.73. The molecule has 28 heavy (non-hydrogen) atoms. The average molecular weight is 382 g/mol. The first-order chi connectivity index (χ1) is 13.3. The van der Waals surface area contributed by atoms with E-state index < -0.39 is 11.5 Å². The monoisotopic (exact) mass is 382 g/mol. The molecule has 0 radical (unpaired) electrons. The van der Waals surface area contributed by atoms with Crippen LogP contribution in [-0.4, -0.2) is 35.0 Å². The van der Waals surface area contributed by atoms with Gasteiger partial charge in [-0.3, -0.25) is 14.4 Å². The maximum absolute atomic E-state index is 12.9. The number of carbonyl (C=O) groups excluding carboxylic acids is 2. The summed E-state index contributed by atoms with van der Waals surface area (Å²) in [6, 6.07) is 8.87. The normalized spacial score (nSPS) is 19.1. The van der Waals surface area contributed by atoms with Gasteiger partial charge in [0.15, 0.2) is 5.78 Å². The maximum atomic E-state index is 12.9. The Bertz CT molecular complexity index is 963. The van der Waals surface area contributed by atoms with E-state index in [-0.39, 0.29) is 35.8 Å². The van der Waals surface area contributed by atoms with E-state index in [0.717, 1.165) is 17.5 Å². The number of ketones is 1. The van der Waals surface area contributed by atoms with Gasteiger partial charge in [0.2, 0.25) is 0 Å². The lowest BCUT2D eigenvalue weighted by Gasteiger charge is -2.18. The SMILES string of the molecule is CNC(=O)c1cc(C(=O)C[C@@H]2C[C@H]2CO)cn([C@@H](C)c2cccc(C)c2)c1=O. The number of Topliss-reactive ketones (excluding diaryl/α,β-unsaturated/α-hetero) is 1. The predicted molar refractivity (Wildman–Crippen MR) is 107 cm³/mol. The van der Waals surface area contributed by atoms with E-state index in [9.17, 15) is 19.5 Å². The summed E-state index contributed by atoms with van der Waals surface area (Å²) in [6.45, 7) is 3.94. The van der Waals surface area contributed by atoms with Gasteiger partial charge in [0.1, 0.15) is 5.56 Å². The van der Waals surface area contributed by atoms with Gasteiger partial charge in [-0.25, -0.2) is 0 Å². The summed E-state index contributed by atoms with van der Waals surface area (Å²) < 4.78 is 1.46. The molecule has 1 fully saturated rings. The zero-order valence-corrected chi connectivity index (χ0v) is 16.4. The van der Waals surface area contributed by atoms with E-state index >= 15 is 0 Å². The van der Waals surface area contributed by atoms with Crippen molar-refractivity contribution in [2.45, 2.75) is 32.7 Å². The van der Waals surface area contributed by atoms with E-state index in [2.05, 4.69) is 5.32 Å². The molecule has 1 aromatic carbocycles. The van der Waals surface area contributed by atoms with Crippen LogP contribution in [0.25, 0.3) is 0 Å². The Labute approximate surface area is 164 Å². The van der Waals surface area contributed by atoms with Gasteiger partial charge in [0.25, 0.3) is 11.5 Å². The number of carbonyl (C=O) groups is 2. The van der Waals surface area contributed by atoms with Crippen LogP contribution in [0.3, 0.4) is 0 Å². The Kier molecular flexibility index (Phi) is 5.79. The standard InChI is InChI=1S/C22H26N2O4/c1-13-5-4-6-15(7-13)14(2)24-11-17(9-19(22(24)28)21(27)23-3)20(26)10-16-8-18(16)12-25/h4-7,9,11,14,16,18,25H,8,10,12H2,1-3H3,(H,23,27)/t14-,16-,18-/m0/s1. The number of aromatic nitrogens is 1. The highest BCUT2D eigenvalue weighted by Crippen LogP contribution is 2.41. The van der Waals surface area contributed by atoms with Crippen LogP contribution < -0.4 is 10.9 Å². The highest BCUT2D eigenvalue weighted by atomic mass is 16.3. The molecule has 0 aliphatic heterocycles. The van der Waals surface area contributed by atoms with Gasteiger partial charge in [-0.2, -0.15) is 0 Å². The van der Waals surface area contributed by atoms with E-state index in [4.69, 9.17) is 0 Å². The van der Waals surface area contributed by atoms with Gasteiger partial charge in [-0.15, -0.1) is 0 Å². The zero-order chi connectivity index (χ0) is 20.4. The quantitative estimate of drug-likeness (QED) is 0.720. The Morgan fingerprint density at radius 2 is 2.04 bits per heavy atom. The second-order valence-electron chi connectivity index (χ2n) is 7.59. The summed E-state index contributed by atoms with van der Waals surface area (Å²) in [6.07, 6.45) is 2.71. The second kappa shape index (κ2) is 8.10. The fraction of sp³-hybridized carbons (Fsp3) is 0.409. The van der Waals surface area contributed by atoms with Crippen LogP contribution in [0, 0.1) is 18.8 Å². The van der Waals surface area contributed by atoms with Gasteiger partial charge in [0, 0.05) is 31.8 Å². The molecule has 3 atom stereocenters. The van der Waals surface area contributed by atoms with E-state index in [0.29, 0.717) is 12.0 Å². The summed E-state index contributed by atoms with van der Waals surface area (Å²) >= 11 is 0. The second-order valence-corrected chi connectivity index (χ2v) is 7.59. The van der Waals surface area contributed by atoms with Crippen molar-refractivity contribution >= 4 is 11.7 Å². The smallest absolute Gasteiger partial charge is 0.263 e. The molecule has 1 amide bonds. The molecular weight excluding hydrogens is 356 g/mol. The number of benzene rings is 1. The fourth-order valence-electron chi connectivity index (χ4n) is 3.57. The minimum Gasteiger partial charge on any atom is -0.396 e. The van der Waals surface area contributed by atoms with Crippen LogP contribution in [-0.2, 0) is 0 Å². The molecule has 1 aliphatic rings. The van der Waals surface area contributed by atoms with Gasteiger partial charge in [0.05, 0.1) is 6.04 Å². The van der Waals surface area contributed by atoms with Crippen molar-refractivity contribution in [2.24, 2.45) is 11.8 Å². The van der Waals surface area contributed by atoms with E-state index in [1.807, 2.05) is 38.1 Å². The van der Waals surface area contributed by atoms with Crippen molar-refractivity contribution in [3.63, 3.8) is 0 Å². The van der Waals surface area contributed by atoms with Crippen LogP contribution in [0.4, 0.5) is 0 Å². The minimum atomic E-state index is -0.510. The van der Waals surface area contributed by atoms with Gasteiger partial charge >= 0.3 is 0 Å². The first kappa shape index (κ1) is 20.0. The molecule has 1 saturated carbocycles. The molecule has 0 bridgehead atoms. The first-order valence-corrected chi connectivity index (χ1v) is 9.54. The average Bonchev–Trinajstić information content (AvgIpc) is 3.45.